The number of nitrogens with zero attached hydrogens (tertiary/aromatic N) is 3. The molecule has 2 amide bonds. The summed E-state index contributed by atoms with van der Waals surface area (Å²) in [5, 5.41) is 3.20. The van der Waals surface area contributed by atoms with E-state index in [1.54, 1.807) is 11.9 Å². The fourth-order valence-corrected chi connectivity index (χ4v) is 2.05. The normalized spacial score (nSPS) is 10.1. The number of aromatic nitrogens is 1. The molecule has 0 radical (unpaired) electrons. The van der Waals surface area contributed by atoms with Crippen LogP contribution in [0.15, 0.2) is 0 Å². The van der Waals surface area contributed by atoms with Crippen LogP contribution in [-0.4, -0.2) is 55.9 Å². The lowest BCUT2D eigenvalue weighted by Gasteiger charge is -2.14. The first-order chi connectivity index (χ1) is 8.86. The average molecular weight is 285 g/mol. The second-order valence-electron chi connectivity index (χ2n) is 4.20. The Balaban J connectivity index is 2.66. The van der Waals surface area contributed by atoms with E-state index in [1.807, 2.05) is 21.0 Å². The fourth-order valence-electron chi connectivity index (χ4n) is 1.22. The Morgan fingerprint density at radius 3 is 2.47 bits per heavy atom. The maximum absolute atomic E-state index is 11.9. The topological polar surface area (TPSA) is 91.6 Å². The maximum atomic E-state index is 11.9. The number of carbonyl (C=O) groups is 2. The van der Waals surface area contributed by atoms with Gasteiger partial charge in [-0.15, -0.1) is 0 Å². The maximum Gasteiger partial charge on any atom is 0.265 e. The van der Waals surface area contributed by atoms with E-state index >= 15 is 0 Å². The highest BCUT2D eigenvalue weighted by molar-refractivity contribution is 7.18. The van der Waals surface area contributed by atoms with Gasteiger partial charge in [-0.05, 0) is 6.92 Å². The van der Waals surface area contributed by atoms with Crippen LogP contribution < -0.4 is 16.0 Å². The van der Waals surface area contributed by atoms with Crippen LogP contribution in [-0.2, 0) is 4.79 Å². The van der Waals surface area contributed by atoms with E-state index in [1.165, 1.54) is 16.2 Å². The second-order valence-corrected chi connectivity index (χ2v) is 5.17. The number of carbonyl (C=O) groups excluding carboxylic acids is 2. The fraction of sp³-hybridized carbons (Fsp3) is 0.545. The SMILES string of the molecule is CCN(C)C(=O)CNC(=O)c1sc(N(C)C)nc1N. The number of likely N-dealkylation sites (N-methyl/N-ethyl adjacent to an activating group) is 1. The van der Waals surface area contributed by atoms with Crippen molar-refractivity contribution in [2.24, 2.45) is 0 Å². The van der Waals surface area contributed by atoms with Crippen LogP contribution in [0.2, 0.25) is 0 Å². The summed E-state index contributed by atoms with van der Waals surface area (Å²) < 4.78 is 0. The minimum atomic E-state index is -0.374. The molecule has 0 atom stereocenters. The first-order valence-corrected chi connectivity index (χ1v) is 6.64. The second kappa shape index (κ2) is 6.37. The third-order valence-electron chi connectivity index (χ3n) is 2.53. The van der Waals surface area contributed by atoms with Crippen molar-refractivity contribution >= 4 is 34.1 Å². The van der Waals surface area contributed by atoms with Crippen LogP contribution in [0.3, 0.4) is 0 Å². The number of hydrogen-bond acceptors (Lipinski definition) is 6. The van der Waals surface area contributed by atoms with Crippen molar-refractivity contribution in [1.29, 1.82) is 0 Å². The molecule has 0 aliphatic rings. The number of rotatable bonds is 5. The summed E-state index contributed by atoms with van der Waals surface area (Å²) in [6.07, 6.45) is 0. The molecule has 1 aromatic heterocycles. The molecule has 19 heavy (non-hydrogen) atoms. The zero-order chi connectivity index (χ0) is 14.6. The van der Waals surface area contributed by atoms with Gasteiger partial charge in [-0.25, -0.2) is 4.98 Å². The molecule has 0 aliphatic carbocycles. The van der Waals surface area contributed by atoms with E-state index in [2.05, 4.69) is 10.3 Å². The van der Waals surface area contributed by atoms with Gasteiger partial charge in [-0.1, -0.05) is 11.3 Å². The van der Waals surface area contributed by atoms with E-state index in [0.29, 0.717) is 16.6 Å². The molecule has 0 spiro atoms. The van der Waals surface area contributed by atoms with E-state index in [-0.39, 0.29) is 24.2 Å². The molecule has 0 aliphatic heterocycles. The van der Waals surface area contributed by atoms with Crippen LogP contribution in [0.25, 0.3) is 0 Å². The molecule has 1 rings (SSSR count). The van der Waals surface area contributed by atoms with E-state index in [0.717, 1.165) is 0 Å². The summed E-state index contributed by atoms with van der Waals surface area (Å²) in [5.41, 5.74) is 5.69. The molecule has 8 heteroatoms. The van der Waals surface area contributed by atoms with E-state index in [4.69, 9.17) is 5.73 Å². The number of hydrogen-bond donors (Lipinski definition) is 2. The Hall–Kier alpha value is -1.83. The van der Waals surface area contributed by atoms with Crippen molar-refractivity contribution in [3.63, 3.8) is 0 Å². The van der Waals surface area contributed by atoms with Crippen molar-refractivity contribution in [3.05, 3.63) is 4.88 Å². The van der Waals surface area contributed by atoms with Crippen molar-refractivity contribution in [2.75, 3.05) is 44.9 Å². The molecule has 0 bridgehead atoms. The summed E-state index contributed by atoms with van der Waals surface area (Å²) in [4.78, 5) is 31.2. The molecule has 0 fully saturated rings. The number of anilines is 2. The molecule has 3 N–H and O–H groups in total. The van der Waals surface area contributed by atoms with Crippen LogP contribution in [0, 0.1) is 0 Å². The van der Waals surface area contributed by atoms with Gasteiger partial charge < -0.3 is 20.9 Å². The number of amides is 2. The third-order valence-corrected chi connectivity index (χ3v) is 3.77. The lowest BCUT2D eigenvalue weighted by atomic mass is 10.4. The van der Waals surface area contributed by atoms with Gasteiger partial charge in [-0.3, -0.25) is 9.59 Å². The van der Waals surface area contributed by atoms with Crippen molar-refractivity contribution in [1.82, 2.24) is 15.2 Å². The van der Waals surface area contributed by atoms with Crippen LogP contribution in [0.4, 0.5) is 10.9 Å². The van der Waals surface area contributed by atoms with Crippen molar-refractivity contribution < 1.29 is 9.59 Å². The summed E-state index contributed by atoms with van der Waals surface area (Å²) in [7, 11) is 5.32. The number of nitrogens with one attached hydrogen (secondary N) is 1. The molecule has 7 nitrogen and oxygen atoms in total. The van der Waals surface area contributed by atoms with Crippen LogP contribution >= 0.6 is 11.3 Å². The van der Waals surface area contributed by atoms with E-state index < -0.39 is 0 Å². The smallest absolute Gasteiger partial charge is 0.265 e. The Morgan fingerprint density at radius 2 is 2.00 bits per heavy atom. The van der Waals surface area contributed by atoms with Gasteiger partial charge in [0.15, 0.2) is 5.13 Å². The summed E-state index contributed by atoms with van der Waals surface area (Å²) >= 11 is 1.19. The van der Waals surface area contributed by atoms with Crippen molar-refractivity contribution in [3.8, 4) is 0 Å². The van der Waals surface area contributed by atoms with Gasteiger partial charge in [0.25, 0.3) is 5.91 Å². The number of thiazole rings is 1. The predicted octanol–water partition coefficient (Wildman–Crippen LogP) is -0.000600. The highest BCUT2D eigenvalue weighted by atomic mass is 32.1. The first-order valence-electron chi connectivity index (χ1n) is 5.82. The van der Waals surface area contributed by atoms with Crippen molar-refractivity contribution in [2.45, 2.75) is 6.92 Å². The lowest BCUT2D eigenvalue weighted by molar-refractivity contribution is -0.128. The Kier molecular flexibility index (Phi) is 5.11. The molecule has 0 unspecified atom stereocenters. The number of nitrogen functional groups attached to an aromatic ring is 1. The minimum Gasteiger partial charge on any atom is -0.382 e. The Labute approximate surface area is 116 Å². The molecule has 1 heterocycles. The zero-order valence-electron chi connectivity index (χ0n) is 11.6. The summed E-state index contributed by atoms with van der Waals surface area (Å²) in [6, 6.07) is 0. The number of nitrogens with two attached hydrogens (primary N) is 1. The highest BCUT2D eigenvalue weighted by Gasteiger charge is 2.18. The minimum absolute atomic E-state index is 0.0438. The van der Waals surface area contributed by atoms with Gasteiger partial charge >= 0.3 is 0 Å². The predicted molar refractivity (Wildman–Crippen MR) is 76.5 cm³/mol. The van der Waals surface area contributed by atoms with Gasteiger partial charge in [0.1, 0.15) is 10.7 Å². The molecule has 0 aromatic carbocycles. The lowest BCUT2D eigenvalue weighted by Crippen LogP contribution is -2.37. The van der Waals surface area contributed by atoms with Gasteiger partial charge in [0.2, 0.25) is 5.91 Å². The summed E-state index contributed by atoms with van der Waals surface area (Å²) in [6.45, 7) is 2.42. The molecule has 0 saturated heterocycles. The molecule has 106 valence electrons. The molecular formula is C11H19N5O2S. The summed E-state index contributed by atoms with van der Waals surface area (Å²) in [5.74, 6) is -0.338. The highest BCUT2D eigenvalue weighted by Crippen LogP contribution is 2.26. The van der Waals surface area contributed by atoms with Crippen LogP contribution in [0.5, 0.6) is 0 Å². The standard InChI is InChI=1S/C11H19N5O2S/c1-5-16(4)7(17)6-13-10(18)8-9(12)14-11(19-8)15(2)3/h5-6,12H2,1-4H3,(H,13,18). The quantitative estimate of drug-likeness (QED) is 0.794. The Bertz CT molecular complexity index is 472. The molecule has 1 aromatic rings. The molecular weight excluding hydrogens is 266 g/mol. The third kappa shape index (κ3) is 3.82. The Morgan fingerprint density at radius 1 is 1.37 bits per heavy atom. The first kappa shape index (κ1) is 15.2. The van der Waals surface area contributed by atoms with E-state index in [9.17, 15) is 9.59 Å². The average Bonchev–Trinajstić information content (AvgIpc) is 2.76. The van der Waals surface area contributed by atoms with Gasteiger partial charge in [-0.2, -0.15) is 0 Å². The largest absolute Gasteiger partial charge is 0.382 e. The molecule has 0 saturated carbocycles. The van der Waals surface area contributed by atoms with Crippen LogP contribution in [0.1, 0.15) is 16.6 Å². The van der Waals surface area contributed by atoms with Gasteiger partial charge in [0, 0.05) is 27.7 Å². The zero-order valence-corrected chi connectivity index (χ0v) is 12.4. The van der Waals surface area contributed by atoms with Gasteiger partial charge in [0.05, 0.1) is 6.54 Å². The monoisotopic (exact) mass is 285 g/mol.